The first-order valence-corrected chi connectivity index (χ1v) is 6.70. The Kier molecular flexibility index (Phi) is 6.66. The maximum Gasteiger partial charge on any atom is 0.336 e. The van der Waals surface area contributed by atoms with Crippen LogP contribution in [0.3, 0.4) is 0 Å². The predicted molar refractivity (Wildman–Crippen MR) is 81.7 cm³/mol. The highest BCUT2D eigenvalue weighted by Crippen LogP contribution is 1.95. The van der Waals surface area contributed by atoms with Crippen LogP contribution in [0.2, 0.25) is 0 Å². The highest BCUT2D eigenvalue weighted by molar-refractivity contribution is 5.79. The molecule has 0 atom stereocenters. The van der Waals surface area contributed by atoms with Crippen LogP contribution < -0.4 is 16.6 Å². The number of amides is 2. The third-order valence-electron chi connectivity index (χ3n) is 2.78. The van der Waals surface area contributed by atoms with E-state index in [0.29, 0.717) is 23.9 Å². The van der Waals surface area contributed by atoms with Gasteiger partial charge in [0.15, 0.2) is 0 Å². The quantitative estimate of drug-likeness (QED) is 0.679. The lowest BCUT2D eigenvalue weighted by Crippen LogP contribution is -2.42. The van der Waals surface area contributed by atoms with Gasteiger partial charge in [0.25, 0.3) is 5.56 Å². The highest BCUT2D eigenvalue weighted by Gasteiger charge is 2.13. The van der Waals surface area contributed by atoms with Gasteiger partial charge in [-0.1, -0.05) is 12.2 Å². The fourth-order valence-corrected chi connectivity index (χ4v) is 1.71. The maximum atomic E-state index is 13.1. The zero-order valence-electron chi connectivity index (χ0n) is 12.4. The number of H-pyrrole nitrogens is 1. The summed E-state index contributed by atoms with van der Waals surface area (Å²) < 4.78 is 13.5. The Morgan fingerprint density at radius 3 is 2.48 bits per heavy atom. The lowest BCUT2D eigenvalue weighted by atomic mass is 10.3. The molecule has 0 saturated heterocycles. The van der Waals surface area contributed by atoms with Gasteiger partial charge in [0.2, 0.25) is 11.7 Å². The average molecular weight is 324 g/mol. The number of nitrogens with zero attached hydrogens (tertiary/aromatic N) is 2. The first-order chi connectivity index (χ1) is 10.9. The number of carbonyl (C=O) groups is 2. The van der Waals surface area contributed by atoms with Crippen LogP contribution >= 0.6 is 0 Å². The Labute approximate surface area is 130 Å². The van der Waals surface area contributed by atoms with Gasteiger partial charge in [-0.2, -0.15) is 4.39 Å². The molecule has 0 fully saturated rings. The second-order valence-electron chi connectivity index (χ2n) is 4.46. The summed E-state index contributed by atoms with van der Waals surface area (Å²) in [4.78, 5) is 49.0. The minimum atomic E-state index is -1.26. The molecule has 2 N–H and O–H groups in total. The number of aromatic nitrogens is 2. The van der Waals surface area contributed by atoms with Crippen molar-refractivity contribution in [3.63, 3.8) is 0 Å². The molecular formula is C14H17FN4O4. The van der Waals surface area contributed by atoms with Gasteiger partial charge in [-0.25, -0.2) is 14.2 Å². The van der Waals surface area contributed by atoms with Crippen molar-refractivity contribution in [2.75, 3.05) is 19.6 Å². The van der Waals surface area contributed by atoms with Gasteiger partial charge in [0, 0.05) is 26.1 Å². The monoisotopic (exact) mass is 324 g/mol. The molecule has 9 heteroatoms. The Balaban J connectivity index is 2.63. The van der Waals surface area contributed by atoms with Crippen LogP contribution in [0.1, 0.15) is 6.42 Å². The van der Waals surface area contributed by atoms with E-state index >= 15 is 0 Å². The van der Waals surface area contributed by atoms with Gasteiger partial charge in [0.1, 0.15) is 0 Å². The molecule has 23 heavy (non-hydrogen) atoms. The Morgan fingerprint density at radius 1 is 1.30 bits per heavy atom. The molecule has 0 unspecified atom stereocenters. The smallest absolute Gasteiger partial charge is 0.336 e. The van der Waals surface area contributed by atoms with Crippen molar-refractivity contribution in [1.29, 1.82) is 0 Å². The normalized spacial score (nSPS) is 9.96. The number of hydrogen-bond acceptors (Lipinski definition) is 4. The van der Waals surface area contributed by atoms with Crippen LogP contribution in [0.4, 0.5) is 9.18 Å². The van der Waals surface area contributed by atoms with E-state index in [0.717, 1.165) is 0 Å². The van der Waals surface area contributed by atoms with Crippen molar-refractivity contribution in [3.8, 4) is 0 Å². The summed E-state index contributed by atoms with van der Waals surface area (Å²) in [6.45, 7) is 7.69. The molecule has 0 spiro atoms. The number of rotatable bonds is 7. The minimum absolute atomic E-state index is 0.0198. The van der Waals surface area contributed by atoms with Crippen LogP contribution in [-0.4, -0.2) is 46.0 Å². The fraction of sp³-hybridized carbons (Fsp3) is 0.286. The van der Waals surface area contributed by atoms with Crippen molar-refractivity contribution >= 4 is 11.9 Å². The molecule has 1 rings (SSSR count). The third kappa shape index (κ3) is 5.06. The van der Waals surface area contributed by atoms with Crippen LogP contribution in [0, 0.1) is 5.82 Å². The summed E-state index contributed by atoms with van der Waals surface area (Å²) in [6, 6.07) is -0.947. The van der Waals surface area contributed by atoms with Gasteiger partial charge < -0.3 is 10.2 Å². The van der Waals surface area contributed by atoms with Crippen molar-refractivity contribution < 1.29 is 14.0 Å². The number of halogens is 1. The minimum Gasteiger partial charge on any atom is -0.337 e. The summed E-state index contributed by atoms with van der Waals surface area (Å²) in [5, 5.41) is 2.29. The molecule has 124 valence electrons. The van der Waals surface area contributed by atoms with Crippen molar-refractivity contribution in [1.82, 2.24) is 19.8 Å². The number of nitrogens with one attached hydrogen (secondary N) is 2. The molecule has 0 aliphatic carbocycles. The van der Waals surface area contributed by atoms with Crippen LogP contribution in [-0.2, 0) is 4.79 Å². The molecule has 0 radical (unpaired) electrons. The van der Waals surface area contributed by atoms with Gasteiger partial charge in [-0.15, -0.1) is 13.2 Å². The molecule has 0 bridgehead atoms. The summed E-state index contributed by atoms with van der Waals surface area (Å²) in [5.41, 5.74) is -2.28. The molecule has 1 aromatic rings. The Morgan fingerprint density at radius 2 is 1.91 bits per heavy atom. The standard InChI is InChI=1S/C14H17FN4O4/c1-3-7-18(8-4-2)11(20)5-6-16-13(22)19-9-10(15)12(21)17-14(19)23/h3-4,9H,1-2,5-8H2,(H,16,22)(H,17,21,23). The fourth-order valence-electron chi connectivity index (χ4n) is 1.71. The van der Waals surface area contributed by atoms with E-state index < -0.39 is 23.1 Å². The second kappa shape index (κ2) is 8.47. The third-order valence-corrected chi connectivity index (χ3v) is 2.78. The molecule has 1 heterocycles. The Bertz CT molecular complexity index is 712. The Hall–Kier alpha value is -2.97. The summed E-state index contributed by atoms with van der Waals surface area (Å²) in [5.74, 6) is -1.51. The molecule has 8 nitrogen and oxygen atoms in total. The maximum absolute atomic E-state index is 13.1. The van der Waals surface area contributed by atoms with Crippen LogP contribution in [0.25, 0.3) is 0 Å². The van der Waals surface area contributed by atoms with Crippen molar-refractivity contribution in [3.05, 3.63) is 58.2 Å². The van der Waals surface area contributed by atoms with Gasteiger partial charge in [-0.3, -0.25) is 14.6 Å². The summed E-state index contributed by atoms with van der Waals surface area (Å²) >= 11 is 0. The zero-order chi connectivity index (χ0) is 17.4. The topological polar surface area (TPSA) is 104 Å². The van der Waals surface area contributed by atoms with Gasteiger partial charge >= 0.3 is 11.7 Å². The first kappa shape index (κ1) is 18.1. The van der Waals surface area contributed by atoms with E-state index in [1.807, 2.05) is 0 Å². The molecule has 0 aliphatic heterocycles. The molecule has 0 aliphatic rings. The lowest BCUT2D eigenvalue weighted by molar-refractivity contribution is -0.130. The van der Waals surface area contributed by atoms with E-state index in [9.17, 15) is 23.6 Å². The second-order valence-corrected chi connectivity index (χ2v) is 4.46. The first-order valence-electron chi connectivity index (χ1n) is 6.70. The van der Waals surface area contributed by atoms with E-state index in [2.05, 4.69) is 18.5 Å². The average Bonchev–Trinajstić information content (AvgIpc) is 2.50. The van der Waals surface area contributed by atoms with Gasteiger partial charge in [-0.05, 0) is 0 Å². The molecular weight excluding hydrogens is 307 g/mol. The lowest BCUT2D eigenvalue weighted by Gasteiger charge is -2.19. The van der Waals surface area contributed by atoms with Crippen molar-refractivity contribution in [2.45, 2.75) is 6.42 Å². The van der Waals surface area contributed by atoms with E-state index in [1.165, 1.54) is 4.90 Å². The van der Waals surface area contributed by atoms with Crippen LogP contribution in [0.15, 0.2) is 41.1 Å². The molecule has 0 aromatic carbocycles. The number of aromatic amines is 1. The largest absolute Gasteiger partial charge is 0.337 e. The molecule has 2 amide bonds. The molecule has 0 saturated carbocycles. The zero-order valence-corrected chi connectivity index (χ0v) is 12.4. The predicted octanol–water partition coefficient (Wildman–Crippen LogP) is -0.176. The molecule has 1 aromatic heterocycles. The SMILES string of the molecule is C=CCN(CC=C)C(=O)CCNC(=O)n1cc(F)c(=O)[nH]c1=O. The van der Waals surface area contributed by atoms with E-state index in [4.69, 9.17) is 0 Å². The summed E-state index contributed by atoms with van der Waals surface area (Å²) in [6.07, 6.45) is 3.58. The van der Waals surface area contributed by atoms with E-state index in [-0.39, 0.29) is 18.9 Å². The number of carbonyl (C=O) groups excluding carboxylic acids is 2. The van der Waals surface area contributed by atoms with Crippen LogP contribution in [0.5, 0.6) is 0 Å². The van der Waals surface area contributed by atoms with E-state index in [1.54, 1.807) is 17.1 Å². The number of hydrogen-bond donors (Lipinski definition) is 2. The van der Waals surface area contributed by atoms with Gasteiger partial charge in [0.05, 0.1) is 6.20 Å². The van der Waals surface area contributed by atoms with Crippen molar-refractivity contribution in [2.24, 2.45) is 0 Å². The highest BCUT2D eigenvalue weighted by atomic mass is 19.1. The summed E-state index contributed by atoms with van der Waals surface area (Å²) in [7, 11) is 0.